The van der Waals surface area contributed by atoms with Gasteiger partial charge in [-0.2, -0.15) is 5.10 Å². The van der Waals surface area contributed by atoms with Gasteiger partial charge in [0.25, 0.3) is 0 Å². The largest absolute Gasteiger partial charge is 0.506 e. The standard InChI is InChI=1S/C16H15N5O4/c1-9-6-13(23)20-21-15(9)10-2-3-11(12(22)7-10)19-16(24)25-14-8-17-4-5-18-14/h2-5,7-9,22H,6H2,1H3,(H,19,24)(H,20,23). The lowest BCUT2D eigenvalue weighted by Crippen LogP contribution is -2.31. The Labute approximate surface area is 142 Å². The molecule has 0 radical (unpaired) electrons. The molecule has 3 N–H and O–H groups in total. The molecule has 9 nitrogen and oxygen atoms in total. The zero-order valence-electron chi connectivity index (χ0n) is 13.3. The Balaban J connectivity index is 1.72. The van der Waals surface area contributed by atoms with Crippen molar-refractivity contribution in [1.29, 1.82) is 0 Å². The lowest BCUT2D eigenvalue weighted by molar-refractivity contribution is -0.121. The van der Waals surface area contributed by atoms with Crippen molar-refractivity contribution in [2.24, 2.45) is 11.0 Å². The molecule has 2 heterocycles. The fourth-order valence-corrected chi connectivity index (χ4v) is 2.37. The third kappa shape index (κ3) is 3.89. The Kier molecular flexibility index (Phi) is 4.55. The molecule has 0 saturated carbocycles. The first-order valence-electron chi connectivity index (χ1n) is 7.47. The molecular formula is C16H15N5O4. The summed E-state index contributed by atoms with van der Waals surface area (Å²) in [6.07, 6.45) is 3.65. The predicted molar refractivity (Wildman–Crippen MR) is 88.2 cm³/mol. The average Bonchev–Trinajstić information content (AvgIpc) is 2.58. The number of hydrogen-bond donors (Lipinski definition) is 3. The van der Waals surface area contributed by atoms with Gasteiger partial charge in [-0.1, -0.05) is 13.0 Å². The molecule has 0 spiro atoms. The summed E-state index contributed by atoms with van der Waals surface area (Å²) in [6.45, 7) is 1.87. The number of nitrogens with zero attached hydrogens (tertiary/aromatic N) is 3. The van der Waals surface area contributed by atoms with Crippen LogP contribution < -0.4 is 15.5 Å². The van der Waals surface area contributed by atoms with Gasteiger partial charge in [-0.3, -0.25) is 15.1 Å². The maximum absolute atomic E-state index is 11.8. The van der Waals surface area contributed by atoms with Gasteiger partial charge in [0.05, 0.1) is 17.6 Å². The van der Waals surface area contributed by atoms with Gasteiger partial charge in [-0.15, -0.1) is 0 Å². The molecule has 25 heavy (non-hydrogen) atoms. The minimum Gasteiger partial charge on any atom is -0.506 e. The van der Waals surface area contributed by atoms with Crippen molar-refractivity contribution in [3.05, 3.63) is 42.4 Å². The van der Waals surface area contributed by atoms with E-state index in [0.29, 0.717) is 17.7 Å². The summed E-state index contributed by atoms with van der Waals surface area (Å²) in [6, 6.07) is 4.67. The van der Waals surface area contributed by atoms with E-state index in [4.69, 9.17) is 4.74 Å². The Morgan fingerprint density at radius 2 is 2.24 bits per heavy atom. The molecule has 1 unspecified atom stereocenters. The van der Waals surface area contributed by atoms with E-state index in [1.807, 2.05) is 6.92 Å². The Morgan fingerprint density at radius 1 is 1.40 bits per heavy atom. The van der Waals surface area contributed by atoms with Crippen LogP contribution in [0.15, 0.2) is 41.9 Å². The van der Waals surface area contributed by atoms with Crippen LogP contribution in [0.25, 0.3) is 0 Å². The summed E-state index contributed by atoms with van der Waals surface area (Å²) in [5.74, 6) is -0.336. The first kappa shape index (κ1) is 16.4. The van der Waals surface area contributed by atoms with Gasteiger partial charge in [0, 0.05) is 30.3 Å². The third-order valence-corrected chi connectivity index (χ3v) is 3.53. The molecule has 2 aromatic rings. The van der Waals surface area contributed by atoms with E-state index in [-0.39, 0.29) is 29.1 Å². The van der Waals surface area contributed by atoms with Crippen molar-refractivity contribution in [1.82, 2.24) is 15.4 Å². The molecule has 0 bridgehead atoms. The number of aromatic hydroxyl groups is 1. The van der Waals surface area contributed by atoms with Crippen LogP contribution in [0.1, 0.15) is 18.9 Å². The van der Waals surface area contributed by atoms with Gasteiger partial charge in [-0.25, -0.2) is 15.2 Å². The van der Waals surface area contributed by atoms with Crippen molar-refractivity contribution in [3.63, 3.8) is 0 Å². The van der Waals surface area contributed by atoms with E-state index in [1.54, 1.807) is 6.07 Å². The van der Waals surface area contributed by atoms with Crippen molar-refractivity contribution < 1.29 is 19.4 Å². The molecule has 1 aliphatic heterocycles. The third-order valence-electron chi connectivity index (χ3n) is 3.53. The van der Waals surface area contributed by atoms with Crippen LogP contribution in [0.4, 0.5) is 10.5 Å². The SMILES string of the molecule is CC1CC(=O)NN=C1c1ccc(NC(=O)Oc2cnccn2)c(O)c1. The second kappa shape index (κ2) is 6.95. The summed E-state index contributed by atoms with van der Waals surface area (Å²) in [7, 11) is 0. The topological polar surface area (TPSA) is 126 Å². The summed E-state index contributed by atoms with van der Waals surface area (Å²) in [5.41, 5.74) is 3.90. The molecule has 1 atom stereocenters. The highest BCUT2D eigenvalue weighted by atomic mass is 16.6. The Hall–Kier alpha value is -3.49. The number of amides is 2. The molecule has 0 fully saturated rings. The van der Waals surface area contributed by atoms with Crippen LogP contribution in [0.2, 0.25) is 0 Å². The van der Waals surface area contributed by atoms with E-state index >= 15 is 0 Å². The van der Waals surface area contributed by atoms with Gasteiger partial charge in [-0.05, 0) is 12.1 Å². The first-order valence-corrected chi connectivity index (χ1v) is 7.47. The highest BCUT2D eigenvalue weighted by molar-refractivity contribution is 6.06. The minimum atomic E-state index is -0.806. The van der Waals surface area contributed by atoms with E-state index in [1.165, 1.54) is 30.7 Å². The van der Waals surface area contributed by atoms with Crippen molar-refractivity contribution in [2.75, 3.05) is 5.32 Å². The molecule has 3 rings (SSSR count). The lowest BCUT2D eigenvalue weighted by Gasteiger charge is -2.19. The zero-order valence-corrected chi connectivity index (χ0v) is 13.3. The molecule has 128 valence electrons. The number of carbonyl (C=O) groups excluding carboxylic acids is 2. The van der Waals surface area contributed by atoms with Crippen LogP contribution in [0.5, 0.6) is 11.6 Å². The molecule has 1 aromatic carbocycles. The predicted octanol–water partition coefficient (Wildman–Crippen LogP) is 1.65. The van der Waals surface area contributed by atoms with Crippen LogP contribution >= 0.6 is 0 Å². The fraction of sp³-hybridized carbons (Fsp3) is 0.188. The van der Waals surface area contributed by atoms with Gasteiger partial charge in [0.15, 0.2) is 0 Å². The van der Waals surface area contributed by atoms with Gasteiger partial charge in [0.2, 0.25) is 11.8 Å². The quantitative estimate of drug-likeness (QED) is 0.729. The van der Waals surface area contributed by atoms with E-state index in [0.717, 1.165) is 0 Å². The number of phenols is 1. The highest BCUT2D eigenvalue weighted by Gasteiger charge is 2.22. The minimum absolute atomic E-state index is 0.0391. The molecule has 9 heteroatoms. The van der Waals surface area contributed by atoms with Crippen molar-refractivity contribution in [3.8, 4) is 11.6 Å². The second-order valence-electron chi connectivity index (χ2n) is 5.43. The Morgan fingerprint density at radius 3 is 2.92 bits per heavy atom. The number of nitrogens with one attached hydrogen (secondary N) is 2. The number of phenolic OH excluding ortho intramolecular Hbond substituents is 1. The van der Waals surface area contributed by atoms with E-state index in [9.17, 15) is 14.7 Å². The molecule has 0 aliphatic carbocycles. The number of carbonyl (C=O) groups is 2. The Bertz CT molecular complexity index is 838. The number of aromatic nitrogens is 2. The smallest absolute Gasteiger partial charge is 0.418 e. The summed E-state index contributed by atoms with van der Waals surface area (Å²) in [4.78, 5) is 30.7. The molecular weight excluding hydrogens is 326 g/mol. The fourth-order valence-electron chi connectivity index (χ4n) is 2.37. The van der Waals surface area contributed by atoms with Crippen molar-refractivity contribution >= 4 is 23.4 Å². The lowest BCUT2D eigenvalue weighted by atomic mass is 9.94. The van der Waals surface area contributed by atoms with Crippen molar-refractivity contribution in [2.45, 2.75) is 13.3 Å². The van der Waals surface area contributed by atoms with E-state index in [2.05, 4.69) is 25.8 Å². The zero-order chi connectivity index (χ0) is 17.8. The molecule has 1 aliphatic rings. The molecule has 2 amide bonds. The monoisotopic (exact) mass is 341 g/mol. The van der Waals surface area contributed by atoms with Crippen LogP contribution in [-0.4, -0.2) is 32.8 Å². The maximum Gasteiger partial charge on any atom is 0.418 e. The number of rotatable bonds is 3. The molecule has 1 aromatic heterocycles. The summed E-state index contributed by atoms with van der Waals surface area (Å²) >= 11 is 0. The van der Waals surface area contributed by atoms with Gasteiger partial charge >= 0.3 is 6.09 Å². The maximum atomic E-state index is 11.8. The highest BCUT2D eigenvalue weighted by Crippen LogP contribution is 2.27. The summed E-state index contributed by atoms with van der Waals surface area (Å²) in [5, 5.41) is 16.6. The number of benzene rings is 1. The van der Waals surface area contributed by atoms with E-state index < -0.39 is 6.09 Å². The van der Waals surface area contributed by atoms with Crippen LogP contribution in [-0.2, 0) is 4.79 Å². The number of anilines is 1. The summed E-state index contributed by atoms with van der Waals surface area (Å²) < 4.78 is 4.94. The number of hydrogen-bond acceptors (Lipinski definition) is 7. The second-order valence-corrected chi connectivity index (χ2v) is 5.43. The molecule has 0 saturated heterocycles. The number of ether oxygens (including phenoxy) is 1. The van der Waals surface area contributed by atoms with Gasteiger partial charge < -0.3 is 9.84 Å². The average molecular weight is 341 g/mol. The van der Waals surface area contributed by atoms with Gasteiger partial charge in [0.1, 0.15) is 5.75 Å². The first-order chi connectivity index (χ1) is 12.0. The van der Waals surface area contributed by atoms with Crippen LogP contribution in [0, 0.1) is 5.92 Å². The number of hydrazone groups is 1. The normalized spacial score (nSPS) is 16.6. The van der Waals surface area contributed by atoms with Crippen LogP contribution in [0.3, 0.4) is 0 Å².